The molecule has 1 aromatic rings. The Kier molecular flexibility index (Phi) is 4.45. The molecular formula is C14H19NO4S. The Morgan fingerprint density at radius 2 is 2.00 bits per heavy atom. The third kappa shape index (κ3) is 3.37. The first-order chi connectivity index (χ1) is 9.41. The number of morpholine rings is 1. The van der Waals surface area contributed by atoms with Gasteiger partial charge < -0.3 is 9.64 Å². The second-order valence-electron chi connectivity index (χ2n) is 4.95. The third-order valence-corrected chi connectivity index (χ3v) is 4.54. The van der Waals surface area contributed by atoms with Crippen LogP contribution in [0, 0.1) is 0 Å². The van der Waals surface area contributed by atoms with Crippen LogP contribution in [0.1, 0.15) is 23.7 Å². The van der Waals surface area contributed by atoms with Crippen molar-refractivity contribution in [1.29, 1.82) is 0 Å². The Morgan fingerprint density at radius 1 is 1.35 bits per heavy atom. The molecule has 0 bridgehead atoms. The smallest absolute Gasteiger partial charge is 0.254 e. The van der Waals surface area contributed by atoms with Crippen molar-refractivity contribution in [3.05, 3.63) is 29.8 Å². The van der Waals surface area contributed by atoms with Crippen LogP contribution in [0.25, 0.3) is 0 Å². The van der Waals surface area contributed by atoms with E-state index in [4.69, 9.17) is 4.74 Å². The van der Waals surface area contributed by atoms with Crippen molar-refractivity contribution in [3.63, 3.8) is 0 Å². The molecule has 0 aromatic heterocycles. The Labute approximate surface area is 119 Å². The predicted molar refractivity (Wildman–Crippen MR) is 75.5 cm³/mol. The summed E-state index contributed by atoms with van der Waals surface area (Å²) in [4.78, 5) is 14.3. The number of hydrogen-bond donors (Lipinski definition) is 0. The number of rotatable bonds is 3. The second-order valence-corrected chi connectivity index (χ2v) is 6.96. The number of carbonyl (C=O) groups is 1. The molecule has 2 rings (SSSR count). The van der Waals surface area contributed by atoms with Crippen molar-refractivity contribution < 1.29 is 17.9 Å². The summed E-state index contributed by atoms with van der Waals surface area (Å²) >= 11 is 0. The Balaban J connectivity index is 2.13. The number of sulfone groups is 1. The molecule has 1 saturated heterocycles. The molecule has 1 heterocycles. The fourth-order valence-electron chi connectivity index (χ4n) is 2.18. The van der Waals surface area contributed by atoms with Crippen molar-refractivity contribution >= 4 is 15.7 Å². The van der Waals surface area contributed by atoms with Crippen LogP contribution < -0.4 is 0 Å². The highest BCUT2D eigenvalue weighted by molar-refractivity contribution is 7.90. The van der Waals surface area contributed by atoms with Gasteiger partial charge in [0, 0.05) is 24.9 Å². The molecular weight excluding hydrogens is 278 g/mol. The van der Waals surface area contributed by atoms with Crippen LogP contribution in [0.15, 0.2) is 29.2 Å². The molecule has 1 fully saturated rings. The number of amides is 1. The minimum Gasteiger partial charge on any atom is -0.375 e. The predicted octanol–water partition coefficient (Wildman–Crippen LogP) is 1.34. The minimum absolute atomic E-state index is 0.0770. The van der Waals surface area contributed by atoms with Crippen LogP contribution in [-0.4, -0.2) is 51.3 Å². The first kappa shape index (κ1) is 15.0. The zero-order valence-electron chi connectivity index (χ0n) is 11.7. The van der Waals surface area contributed by atoms with E-state index in [1.807, 2.05) is 6.92 Å². The lowest BCUT2D eigenvalue weighted by Crippen LogP contribution is -2.45. The van der Waals surface area contributed by atoms with Gasteiger partial charge in [0.15, 0.2) is 9.84 Å². The maximum atomic E-state index is 12.3. The van der Waals surface area contributed by atoms with Gasteiger partial charge in [-0.2, -0.15) is 0 Å². The number of carbonyl (C=O) groups excluding carboxylic acids is 1. The van der Waals surface area contributed by atoms with Gasteiger partial charge in [-0.15, -0.1) is 0 Å². The minimum atomic E-state index is -3.23. The Bertz CT molecular complexity index is 580. The van der Waals surface area contributed by atoms with E-state index in [-0.39, 0.29) is 16.9 Å². The van der Waals surface area contributed by atoms with Gasteiger partial charge in [0.05, 0.1) is 17.6 Å². The number of ether oxygens (including phenoxy) is 1. The lowest BCUT2D eigenvalue weighted by molar-refractivity contribution is -0.0226. The Morgan fingerprint density at radius 3 is 2.55 bits per heavy atom. The van der Waals surface area contributed by atoms with E-state index in [9.17, 15) is 13.2 Å². The van der Waals surface area contributed by atoms with Crippen LogP contribution in [0.3, 0.4) is 0 Å². The normalized spacial score (nSPS) is 19.9. The average Bonchev–Trinajstić information content (AvgIpc) is 2.46. The van der Waals surface area contributed by atoms with Crippen LogP contribution >= 0.6 is 0 Å². The number of nitrogens with zero attached hydrogens (tertiary/aromatic N) is 1. The molecule has 5 nitrogen and oxygen atoms in total. The number of hydrogen-bond acceptors (Lipinski definition) is 4. The van der Waals surface area contributed by atoms with E-state index in [1.165, 1.54) is 12.1 Å². The van der Waals surface area contributed by atoms with Gasteiger partial charge in [-0.1, -0.05) is 6.92 Å². The molecule has 0 N–H and O–H groups in total. The summed E-state index contributed by atoms with van der Waals surface area (Å²) in [5.41, 5.74) is 0.508. The fourth-order valence-corrected chi connectivity index (χ4v) is 2.81. The number of benzene rings is 1. The zero-order chi connectivity index (χ0) is 14.8. The molecule has 0 saturated carbocycles. The van der Waals surface area contributed by atoms with E-state index in [0.29, 0.717) is 25.3 Å². The van der Waals surface area contributed by atoms with Gasteiger partial charge in [0.2, 0.25) is 0 Å². The van der Waals surface area contributed by atoms with Crippen molar-refractivity contribution in [1.82, 2.24) is 4.90 Å². The standard InChI is InChI=1S/C14H19NO4S/c1-3-12-10-15(8-9-19-12)14(16)11-4-6-13(7-5-11)20(2,17)18/h4-7,12H,3,8-10H2,1-2H3/t12-/m0/s1. The van der Waals surface area contributed by atoms with Crippen molar-refractivity contribution in [2.75, 3.05) is 26.0 Å². The molecule has 0 radical (unpaired) electrons. The van der Waals surface area contributed by atoms with Crippen molar-refractivity contribution in [3.8, 4) is 0 Å². The molecule has 1 atom stereocenters. The highest BCUT2D eigenvalue weighted by Crippen LogP contribution is 2.15. The van der Waals surface area contributed by atoms with Crippen molar-refractivity contribution in [2.24, 2.45) is 0 Å². The Hall–Kier alpha value is -1.40. The molecule has 0 spiro atoms. The molecule has 1 aliphatic rings. The zero-order valence-corrected chi connectivity index (χ0v) is 12.5. The van der Waals surface area contributed by atoms with Gasteiger partial charge in [-0.05, 0) is 30.7 Å². The lowest BCUT2D eigenvalue weighted by Gasteiger charge is -2.32. The van der Waals surface area contributed by atoms with E-state index >= 15 is 0 Å². The molecule has 0 unspecified atom stereocenters. The maximum absolute atomic E-state index is 12.3. The van der Waals surface area contributed by atoms with Gasteiger partial charge in [-0.3, -0.25) is 4.79 Å². The topological polar surface area (TPSA) is 63.7 Å². The summed E-state index contributed by atoms with van der Waals surface area (Å²) in [6.45, 7) is 3.73. The first-order valence-electron chi connectivity index (χ1n) is 6.63. The lowest BCUT2D eigenvalue weighted by atomic mass is 10.1. The molecule has 20 heavy (non-hydrogen) atoms. The van der Waals surface area contributed by atoms with E-state index in [0.717, 1.165) is 12.7 Å². The quantitative estimate of drug-likeness (QED) is 0.844. The van der Waals surface area contributed by atoms with Crippen LogP contribution in [0.5, 0.6) is 0 Å². The maximum Gasteiger partial charge on any atom is 0.254 e. The SMILES string of the molecule is CC[C@H]1CN(C(=O)c2ccc(S(C)(=O)=O)cc2)CCO1. The molecule has 1 aliphatic heterocycles. The highest BCUT2D eigenvalue weighted by atomic mass is 32.2. The van der Waals surface area contributed by atoms with Gasteiger partial charge in [0.25, 0.3) is 5.91 Å². The van der Waals surface area contributed by atoms with Crippen LogP contribution in [0.2, 0.25) is 0 Å². The molecule has 1 aromatic carbocycles. The average molecular weight is 297 g/mol. The van der Waals surface area contributed by atoms with E-state index < -0.39 is 9.84 Å². The molecule has 1 amide bonds. The highest BCUT2D eigenvalue weighted by Gasteiger charge is 2.24. The second kappa shape index (κ2) is 5.93. The summed E-state index contributed by atoms with van der Waals surface area (Å²) in [7, 11) is -3.23. The molecule has 110 valence electrons. The van der Waals surface area contributed by atoms with Gasteiger partial charge >= 0.3 is 0 Å². The molecule has 0 aliphatic carbocycles. The summed E-state index contributed by atoms with van der Waals surface area (Å²) in [5.74, 6) is -0.0770. The monoisotopic (exact) mass is 297 g/mol. The third-order valence-electron chi connectivity index (χ3n) is 3.41. The molecule has 6 heteroatoms. The van der Waals surface area contributed by atoms with Crippen LogP contribution in [-0.2, 0) is 14.6 Å². The van der Waals surface area contributed by atoms with Crippen LogP contribution in [0.4, 0.5) is 0 Å². The summed E-state index contributed by atoms with van der Waals surface area (Å²) in [6, 6.07) is 6.07. The fraction of sp³-hybridized carbons (Fsp3) is 0.500. The van der Waals surface area contributed by atoms with Gasteiger partial charge in [0.1, 0.15) is 0 Å². The van der Waals surface area contributed by atoms with E-state index in [1.54, 1.807) is 17.0 Å². The summed E-state index contributed by atoms with van der Waals surface area (Å²) < 4.78 is 28.3. The first-order valence-corrected chi connectivity index (χ1v) is 8.52. The largest absolute Gasteiger partial charge is 0.375 e. The van der Waals surface area contributed by atoms with Crippen molar-refractivity contribution in [2.45, 2.75) is 24.3 Å². The summed E-state index contributed by atoms with van der Waals surface area (Å²) in [5, 5.41) is 0. The van der Waals surface area contributed by atoms with Gasteiger partial charge in [-0.25, -0.2) is 8.42 Å². The van der Waals surface area contributed by atoms with E-state index in [2.05, 4.69) is 0 Å². The summed E-state index contributed by atoms with van der Waals surface area (Å²) in [6.07, 6.45) is 2.11.